The van der Waals surface area contributed by atoms with Gasteiger partial charge in [0.1, 0.15) is 11.7 Å². The van der Waals surface area contributed by atoms with Gasteiger partial charge in [-0.3, -0.25) is 9.36 Å². The Kier molecular flexibility index (Phi) is 4.43. The highest BCUT2D eigenvalue weighted by Gasteiger charge is 2.30. The van der Waals surface area contributed by atoms with Crippen LogP contribution in [0.1, 0.15) is 11.1 Å². The van der Waals surface area contributed by atoms with Crippen LogP contribution in [0.3, 0.4) is 0 Å². The molecule has 0 spiro atoms. The lowest BCUT2D eigenvalue weighted by Gasteiger charge is -2.10. The van der Waals surface area contributed by atoms with Crippen LogP contribution in [0.15, 0.2) is 65.8 Å². The quantitative estimate of drug-likeness (QED) is 0.511. The van der Waals surface area contributed by atoms with Crippen molar-refractivity contribution in [2.45, 2.75) is 12.7 Å². The molecule has 0 aliphatic rings. The monoisotopic (exact) mass is 404 g/mol. The second-order valence-electron chi connectivity index (χ2n) is 6.11. The molecule has 28 heavy (non-hydrogen) atoms. The summed E-state index contributed by atoms with van der Waals surface area (Å²) in [6.45, 7) is 0.218. The molecule has 0 aliphatic carbocycles. The van der Waals surface area contributed by atoms with Gasteiger partial charge in [-0.05, 0) is 29.8 Å². The van der Waals surface area contributed by atoms with Gasteiger partial charge < -0.3 is 0 Å². The first kappa shape index (κ1) is 18.2. The Morgan fingerprint density at radius 1 is 1.07 bits per heavy atom. The maximum Gasteiger partial charge on any atom is 0.416 e. The van der Waals surface area contributed by atoms with Crippen molar-refractivity contribution < 1.29 is 13.2 Å². The molecule has 4 aromatic rings. The van der Waals surface area contributed by atoms with Gasteiger partial charge >= 0.3 is 6.18 Å². The standard InChI is InChI=1S/C19H12ClF3N4O/c20-16-7-2-1-4-12(16)10-26-11-24-17-15(18(26)28)9-25-27(17)14-6-3-5-13(8-14)19(21,22)23/h1-9,11H,10H2. The summed E-state index contributed by atoms with van der Waals surface area (Å²) in [6, 6.07) is 11.8. The first-order valence-corrected chi connectivity index (χ1v) is 8.56. The molecule has 4 rings (SSSR count). The molecule has 0 bridgehead atoms. The second kappa shape index (κ2) is 6.79. The van der Waals surface area contributed by atoms with Gasteiger partial charge in [0.2, 0.25) is 0 Å². The molecule has 0 fully saturated rings. The molecule has 2 aromatic carbocycles. The van der Waals surface area contributed by atoms with E-state index < -0.39 is 11.7 Å². The highest BCUT2D eigenvalue weighted by atomic mass is 35.5. The van der Waals surface area contributed by atoms with E-state index in [1.807, 2.05) is 6.07 Å². The molecule has 0 amide bonds. The van der Waals surface area contributed by atoms with Gasteiger partial charge in [0, 0.05) is 5.02 Å². The Morgan fingerprint density at radius 3 is 2.61 bits per heavy atom. The second-order valence-corrected chi connectivity index (χ2v) is 6.52. The predicted octanol–water partition coefficient (Wildman–Crippen LogP) is 4.30. The van der Waals surface area contributed by atoms with E-state index in [1.165, 1.54) is 33.9 Å². The van der Waals surface area contributed by atoms with Crippen LogP contribution in [0.5, 0.6) is 0 Å². The number of nitrogens with zero attached hydrogens (tertiary/aromatic N) is 4. The van der Waals surface area contributed by atoms with Crippen LogP contribution in [-0.2, 0) is 12.7 Å². The van der Waals surface area contributed by atoms with Crippen LogP contribution >= 0.6 is 11.6 Å². The topological polar surface area (TPSA) is 52.7 Å². The average molecular weight is 405 g/mol. The summed E-state index contributed by atoms with van der Waals surface area (Å²) in [4.78, 5) is 17.0. The van der Waals surface area contributed by atoms with E-state index in [4.69, 9.17) is 11.6 Å². The molecule has 0 saturated carbocycles. The van der Waals surface area contributed by atoms with Gasteiger partial charge in [-0.25, -0.2) is 9.67 Å². The molecule has 0 aliphatic heterocycles. The van der Waals surface area contributed by atoms with Gasteiger partial charge in [-0.2, -0.15) is 18.3 Å². The fourth-order valence-electron chi connectivity index (χ4n) is 2.87. The molecule has 142 valence electrons. The van der Waals surface area contributed by atoms with Crippen molar-refractivity contribution in [1.29, 1.82) is 0 Å². The molecule has 0 N–H and O–H groups in total. The number of benzene rings is 2. The first-order chi connectivity index (χ1) is 13.3. The Labute approximate surface area is 161 Å². The van der Waals surface area contributed by atoms with Gasteiger partial charge in [-0.15, -0.1) is 0 Å². The third-order valence-corrected chi connectivity index (χ3v) is 4.64. The van der Waals surface area contributed by atoms with E-state index in [1.54, 1.807) is 18.2 Å². The number of hydrogen-bond acceptors (Lipinski definition) is 3. The predicted molar refractivity (Wildman–Crippen MR) is 98.7 cm³/mol. The SMILES string of the molecule is O=c1c2cnn(-c3cccc(C(F)(F)F)c3)c2ncn1Cc1ccccc1Cl. The summed E-state index contributed by atoms with van der Waals surface area (Å²) in [7, 11) is 0. The fraction of sp³-hybridized carbons (Fsp3) is 0.105. The fourth-order valence-corrected chi connectivity index (χ4v) is 3.07. The zero-order valence-electron chi connectivity index (χ0n) is 14.2. The summed E-state index contributed by atoms with van der Waals surface area (Å²) in [6.07, 6.45) is -1.85. The van der Waals surface area contributed by atoms with Crippen molar-refractivity contribution in [3.05, 3.63) is 87.6 Å². The molecule has 0 saturated heterocycles. The van der Waals surface area contributed by atoms with Crippen LogP contribution in [0.2, 0.25) is 5.02 Å². The van der Waals surface area contributed by atoms with Crippen molar-refractivity contribution in [2.75, 3.05) is 0 Å². The van der Waals surface area contributed by atoms with Gasteiger partial charge in [0.25, 0.3) is 5.56 Å². The van der Waals surface area contributed by atoms with Gasteiger partial charge in [0.05, 0.1) is 24.0 Å². The lowest BCUT2D eigenvalue weighted by molar-refractivity contribution is -0.137. The Hall–Kier alpha value is -3.13. The van der Waals surface area contributed by atoms with Crippen molar-refractivity contribution in [2.24, 2.45) is 0 Å². The van der Waals surface area contributed by atoms with E-state index in [9.17, 15) is 18.0 Å². The summed E-state index contributed by atoms with van der Waals surface area (Å²) >= 11 is 6.14. The normalized spacial score (nSPS) is 11.9. The van der Waals surface area contributed by atoms with E-state index in [2.05, 4.69) is 10.1 Å². The molecule has 5 nitrogen and oxygen atoms in total. The van der Waals surface area contributed by atoms with Crippen molar-refractivity contribution in [3.8, 4) is 5.69 Å². The van der Waals surface area contributed by atoms with Crippen molar-refractivity contribution in [3.63, 3.8) is 0 Å². The summed E-state index contributed by atoms with van der Waals surface area (Å²) in [5.74, 6) is 0. The van der Waals surface area contributed by atoms with E-state index in [-0.39, 0.29) is 28.8 Å². The van der Waals surface area contributed by atoms with E-state index >= 15 is 0 Å². The minimum absolute atomic E-state index is 0.167. The highest BCUT2D eigenvalue weighted by Crippen LogP contribution is 2.30. The summed E-state index contributed by atoms with van der Waals surface area (Å²) in [5.41, 5.74) is -0.0677. The molecular formula is C19H12ClF3N4O. The lowest BCUT2D eigenvalue weighted by Crippen LogP contribution is -2.21. The first-order valence-electron chi connectivity index (χ1n) is 8.19. The molecule has 2 aromatic heterocycles. The zero-order chi connectivity index (χ0) is 19.9. The number of fused-ring (bicyclic) bond motifs is 1. The third-order valence-electron chi connectivity index (χ3n) is 4.27. The van der Waals surface area contributed by atoms with Crippen molar-refractivity contribution >= 4 is 22.6 Å². The van der Waals surface area contributed by atoms with Crippen LogP contribution in [0.25, 0.3) is 16.7 Å². The molecule has 0 radical (unpaired) electrons. The minimum atomic E-state index is -4.48. The molecule has 0 unspecified atom stereocenters. The van der Waals surface area contributed by atoms with Crippen molar-refractivity contribution in [1.82, 2.24) is 19.3 Å². The Morgan fingerprint density at radius 2 is 1.86 bits per heavy atom. The molecular weight excluding hydrogens is 393 g/mol. The highest BCUT2D eigenvalue weighted by molar-refractivity contribution is 6.31. The van der Waals surface area contributed by atoms with E-state index in [0.29, 0.717) is 5.02 Å². The van der Waals surface area contributed by atoms with Crippen LogP contribution in [0, 0.1) is 0 Å². The summed E-state index contributed by atoms with van der Waals surface area (Å²) in [5, 5.41) is 4.79. The van der Waals surface area contributed by atoms with Gasteiger partial charge in [-0.1, -0.05) is 35.9 Å². The zero-order valence-corrected chi connectivity index (χ0v) is 14.9. The Bertz CT molecular complexity index is 1230. The number of aromatic nitrogens is 4. The minimum Gasteiger partial charge on any atom is -0.294 e. The number of hydrogen-bond donors (Lipinski definition) is 0. The maximum atomic E-state index is 13.0. The average Bonchev–Trinajstić information content (AvgIpc) is 3.10. The van der Waals surface area contributed by atoms with Crippen LogP contribution < -0.4 is 5.56 Å². The van der Waals surface area contributed by atoms with Crippen LogP contribution in [0.4, 0.5) is 13.2 Å². The van der Waals surface area contributed by atoms with E-state index in [0.717, 1.165) is 17.7 Å². The number of rotatable bonds is 3. The molecule has 2 heterocycles. The molecule has 0 atom stereocenters. The summed E-state index contributed by atoms with van der Waals surface area (Å²) < 4.78 is 41.5. The molecule has 9 heteroatoms. The number of halogens is 4. The largest absolute Gasteiger partial charge is 0.416 e. The third kappa shape index (κ3) is 3.27. The van der Waals surface area contributed by atoms with Crippen LogP contribution in [-0.4, -0.2) is 19.3 Å². The number of alkyl halides is 3. The lowest BCUT2D eigenvalue weighted by atomic mass is 10.2. The van der Waals surface area contributed by atoms with Gasteiger partial charge in [0.15, 0.2) is 5.65 Å². The Balaban J connectivity index is 1.78. The maximum absolute atomic E-state index is 13.0. The smallest absolute Gasteiger partial charge is 0.294 e.